The van der Waals surface area contributed by atoms with Gasteiger partial charge in [-0.05, 0) is 48.3 Å². The second-order valence-corrected chi connectivity index (χ2v) is 6.13. The van der Waals surface area contributed by atoms with Crippen LogP contribution in [-0.4, -0.2) is 17.4 Å². The van der Waals surface area contributed by atoms with E-state index >= 15 is 0 Å². The summed E-state index contributed by atoms with van der Waals surface area (Å²) >= 11 is 6.90. The molecular formula is C13H15N3S2. The lowest BCUT2D eigenvalue weighted by atomic mass is 10.0. The minimum atomic E-state index is 0.483. The van der Waals surface area contributed by atoms with Crippen LogP contribution in [0.4, 0.5) is 0 Å². The van der Waals surface area contributed by atoms with Crippen LogP contribution in [0.3, 0.4) is 0 Å². The van der Waals surface area contributed by atoms with Gasteiger partial charge in [0.15, 0.2) is 5.11 Å². The molecule has 2 aliphatic carbocycles. The summed E-state index contributed by atoms with van der Waals surface area (Å²) in [6, 6.07) is 4.51. The van der Waals surface area contributed by atoms with Crippen molar-refractivity contribution in [3.63, 3.8) is 0 Å². The van der Waals surface area contributed by atoms with Crippen LogP contribution >= 0.6 is 23.6 Å². The molecule has 5 heteroatoms. The lowest BCUT2D eigenvalue weighted by Crippen LogP contribution is -2.42. The fraction of sp³-hybridized carbons (Fsp3) is 0.385. The number of hydrazone groups is 1. The number of fused-ring (bicyclic) bond motifs is 2. The van der Waals surface area contributed by atoms with Gasteiger partial charge in [0.25, 0.3) is 0 Å². The highest BCUT2D eigenvalue weighted by Gasteiger charge is 2.35. The Morgan fingerprint density at radius 1 is 1.44 bits per heavy atom. The molecule has 1 aromatic heterocycles. The maximum atomic E-state index is 5.24. The molecule has 0 amide bonds. The van der Waals surface area contributed by atoms with Crippen molar-refractivity contribution < 1.29 is 0 Å². The zero-order valence-corrected chi connectivity index (χ0v) is 11.5. The SMILES string of the molecule is S=C(NN=Cc1cccs1)NC1CC2C=CC1C2. The van der Waals surface area contributed by atoms with Crippen molar-refractivity contribution in [2.45, 2.75) is 18.9 Å². The summed E-state index contributed by atoms with van der Waals surface area (Å²) in [6.45, 7) is 0. The summed E-state index contributed by atoms with van der Waals surface area (Å²) in [7, 11) is 0. The first-order valence-corrected chi connectivity index (χ1v) is 7.41. The molecule has 3 nitrogen and oxygen atoms in total. The highest BCUT2D eigenvalue weighted by molar-refractivity contribution is 7.80. The molecule has 2 N–H and O–H groups in total. The molecule has 2 aliphatic rings. The van der Waals surface area contributed by atoms with Gasteiger partial charge in [-0.15, -0.1) is 11.3 Å². The van der Waals surface area contributed by atoms with Crippen LogP contribution in [0.5, 0.6) is 0 Å². The third-order valence-corrected chi connectivity index (χ3v) is 4.51. The van der Waals surface area contributed by atoms with Crippen molar-refractivity contribution >= 4 is 34.9 Å². The van der Waals surface area contributed by atoms with E-state index < -0.39 is 0 Å². The van der Waals surface area contributed by atoms with E-state index in [4.69, 9.17) is 12.2 Å². The normalized spacial score (nSPS) is 29.0. The minimum Gasteiger partial charge on any atom is -0.358 e. The number of nitrogens with one attached hydrogen (secondary N) is 2. The largest absolute Gasteiger partial charge is 0.358 e. The standard InChI is InChI=1S/C13H15N3S2/c17-13(16-14-8-11-2-1-5-18-11)15-12-7-9-3-4-10(12)6-9/h1-5,8-10,12H,6-7H2,(H2,15,16,17). The lowest BCUT2D eigenvalue weighted by Gasteiger charge is -2.20. The van der Waals surface area contributed by atoms with Crippen LogP contribution in [0.15, 0.2) is 34.8 Å². The summed E-state index contributed by atoms with van der Waals surface area (Å²) in [5, 5.41) is 10.1. The molecule has 3 rings (SSSR count). The first-order valence-electron chi connectivity index (χ1n) is 6.12. The molecule has 0 aromatic carbocycles. The third kappa shape index (κ3) is 2.62. The fourth-order valence-electron chi connectivity index (χ4n) is 2.67. The topological polar surface area (TPSA) is 36.4 Å². The van der Waals surface area contributed by atoms with E-state index in [1.165, 1.54) is 12.8 Å². The van der Waals surface area contributed by atoms with Crippen LogP contribution in [0, 0.1) is 11.8 Å². The van der Waals surface area contributed by atoms with Crippen molar-refractivity contribution in [1.82, 2.24) is 10.7 Å². The van der Waals surface area contributed by atoms with E-state index in [-0.39, 0.29) is 0 Å². The second kappa shape index (κ2) is 5.20. The molecule has 3 unspecified atom stereocenters. The molecule has 0 saturated heterocycles. The van der Waals surface area contributed by atoms with Crippen molar-refractivity contribution in [2.24, 2.45) is 16.9 Å². The average Bonchev–Trinajstić information content (AvgIpc) is 3.04. The molecule has 1 fully saturated rings. The van der Waals surface area contributed by atoms with Crippen LogP contribution in [0.2, 0.25) is 0 Å². The zero-order chi connectivity index (χ0) is 12.4. The van der Waals surface area contributed by atoms with Gasteiger partial charge in [-0.3, -0.25) is 5.43 Å². The Morgan fingerprint density at radius 2 is 2.39 bits per heavy atom. The van der Waals surface area contributed by atoms with Gasteiger partial charge in [0.1, 0.15) is 0 Å². The summed E-state index contributed by atoms with van der Waals surface area (Å²) in [5.41, 5.74) is 2.88. The minimum absolute atomic E-state index is 0.483. The van der Waals surface area contributed by atoms with Gasteiger partial charge in [-0.25, -0.2) is 0 Å². The predicted molar refractivity (Wildman–Crippen MR) is 79.9 cm³/mol. The van der Waals surface area contributed by atoms with Gasteiger partial charge in [-0.1, -0.05) is 18.2 Å². The summed E-state index contributed by atoms with van der Waals surface area (Å²) in [5.74, 6) is 1.40. The number of hydrogen-bond acceptors (Lipinski definition) is 3. The van der Waals surface area contributed by atoms with E-state index in [0.717, 1.165) is 10.8 Å². The van der Waals surface area contributed by atoms with Gasteiger partial charge >= 0.3 is 0 Å². The van der Waals surface area contributed by atoms with Crippen LogP contribution in [-0.2, 0) is 0 Å². The lowest BCUT2D eigenvalue weighted by molar-refractivity contribution is 0.521. The Hall–Kier alpha value is -1.20. The van der Waals surface area contributed by atoms with Gasteiger partial charge in [-0.2, -0.15) is 5.10 Å². The molecular weight excluding hydrogens is 262 g/mol. The van der Waals surface area contributed by atoms with Crippen molar-refractivity contribution in [3.05, 3.63) is 34.5 Å². The molecule has 1 saturated carbocycles. The second-order valence-electron chi connectivity index (χ2n) is 4.75. The van der Waals surface area contributed by atoms with Gasteiger partial charge in [0.2, 0.25) is 0 Å². The first kappa shape index (κ1) is 11.9. The average molecular weight is 277 g/mol. The molecule has 1 heterocycles. The van der Waals surface area contributed by atoms with E-state index in [1.807, 2.05) is 17.5 Å². The highest BCUT2D eigenvalue weighted by Crippen LogP contribution is 2.38. The predicted octanol–water partition coefficient (Wildman–Crippen LogP) is 2.51. The van der Waals surface area contributed by atoms with E-state index in [9.17, 15) is 0 Å². The van der Waals surface area contributed by atoms with Gasteiger partial charge in [0.05, 0.1) is 6.21 Å². The van der Waals surface area contributed by atoms with Crippen molar-refractivity contribution in [1.29, 1.82) is 0 Å². The first-order chi connectivity index (χ1) is 8.81. The summed E-state index contributed by atoms with van der Waals surface area (Å²) in [4.78, 5) is 1.12. The van der Waals surface area contributed by atoms with E-state index in [2.05, 4.69) is 28.0 Å². The zero-order valence-electron chi connectivity index (χ0n) is 9.87. The Bertz CT molecular complexity index is 478. The monoisotopic (exact) mass is 277 g/mol. The van der Waals surface area contributed by atoms with E-state index in [1.54, 1.807) is 17.6 Å². The summed E-state index contributed by atoms with van der Waals surface area (Å²) < 4.78 is 0. The quantitative estimate of drug-likeness (QED) is 0.386. The number of rotatable bonds is 3. The van der Waals surface area contributed by atoms with Crippen LogP contribution in [0.25, 0.3) is 0 Å². The molecule has 0 aliphatic heterocycles. The van der Waals surface area contributed by atoms with E-state index in [0.29, 0.717) is 17.1 Å². The van der Waals surface area contributed by atoms with Crippen LogP contribution in [0.1, 0.15) is 17.7 Å². The van der Waals surface area contributed by atoms with Gasteiger partial charge in [0, 0.05) is 10.9 Å². The number of allylic oxidation sites excluding steroid dienone is 1. The Labute approximate surface area is 116 Å². The highest BCUT2D eigenvalue weighted by atomic mass is 32.1. The maximum absolute atomic E-state index is 5.24. The molecule has 0 spiro atoms. The number of thiophene rings is 1. The molecule has 0 radical (unpaired) electrons. The molecule has 94 valence electrons. The third-order valence-electron chi connectivity index (χ3n) is 3.50. The Morgan fingerprint density at radius 3 is 3.06 bits per heavy atom. The molecule has 1 aromatic rings. The maximum Gasteiger partial charge on any atom is 0.187 e. The molecule has 3 atom stereocenters. The van der Waals surface area contributed by atoms with Crippen LogP contribution < -0.4 is 10.7 Å². The molecule has 18 heavy (non-hydrogen) atoms. The number of nitrogens with zero attached hydrogens (tertiary/aromatic N) is 1. The Balaban J connectivity index is 1.46. The molecule has 2 bridgehead atoms. The summed E-state index contributed by atoms with van der Waals surface area (Å²) in [6.07, 6.45) is 8.90. The Kier molecular flexibility index (Phi) is 3.43. The number of thiocarbonyl (C=S) groups is 1. The smallest absolute Gasteiger partial charge is 0.187 e. The van der Waals surface area contributed by atoms with Gasteiger partial charge < -0.3 is 5.32 Å². The van der Waals surface area contributed by atoms with Crippen molar-refractivity contribution in [2.75, 3.05) is 0 Å². The number of hydrogen-bond donors (Lipinski definition) is 2. The van der Waals surface area contributed by atoms with Crippen molar-refractivity contribution in [3.8, 4) is 0 Å². The fourth-order valence-corrected chi connectivity index (χ4v) is 3.46.